The molecule has 2 aliphatic heterocycles. The summed E-state index contributed by atoms with van der Waals surface area (Å²) in [4.78, 5) is 10.8. The quantitative estimate of drug-likeness (QED) is 0.746. The molecule has 0 aliphatic carbocycles. The smallest absolute Gasteiger partial charge is 0.305 e. The molecule has 2 aliphatic rings. The zero-order chi connectivity index (χ0) is 13.9. The molecule has 110 valence electrons. The van der Waals surface area contributed by atoms with Crippen LogP contribution in [0.2, 0.25) is 0 Å². The molecule has 0 spiro atoms. The molecular weight excluding hydrogens is 274 g/mol. The van der Waals surface area contributed by atoms with Crippen LogP contribution in [0, 0.1) is 0 Å². The fourth-order valence-electron chi connectivity index (χ4n) is 2.47. The molecule has 1 N–H and O–H groups in total. The van der Waals surface area contributed by atoms with E-state index in [4.69, 9.17) is 14.6 Å². The molecular formula is C11H19NO6S. The van der Waals surface area contributed by atoms with Gasteiger partial charge in [0.05, 0.1) is 37.5 Å². The van der Waals surface area contributed by atoms with Crippen LogP contribution in [0.5, 0.6) is 0 Å². The van der Waals surface area contributed by atoms with E-state index >= 15 is 0 Å². The molecule has 2 unspecified atom stereocenters. The Hall–Kier alpha value is -0.700. The summed E-state index contributed by atoms with van der Waals surface area (Å²) in [5.74, 6) is -1.09. The highest BCUT2D eigenvalue weighted by Gasteiger charge is 2.36. The first-order valence-corrected chi connectivity index (χ1v) is 8.00. The molecule has 7 nitrogen and oxygen atoms in total. The van der Waals surface area contributed by atoms with Gasteiger partial charge in [0.1, 0.15) is 0 Å². The Morgan fingerprint density at radius 2 is 2.16 bits per heavy atom. The van der Waals surface area contributed by atoms with Gasteiger partial charge in [-0.05, 0) is 12.8 Å². The van der Waals surface area contributed by atoms with Crippen molar-refractivity contribution in [3.8, 4) is 0 Å². The Kier molecular flexibility index (Phi) is 4.77. The number of hydrogen-bond acceptors (Lipinski definition) is 5. The van der Waals surface area contributed by atoms with Crippen LogP contribution >= 0.6 is 0 Å². The Morgan fingerprint density at radius 1 is 1.37 bits per heavy atom. The molecule has 0 bridgehead atoms. The number of sulfonamides is 1. The number of morpholine rings is 1. The number of nitrogens with zero attached hydrogens (tertiary/aromatic N) is 1. The normalized spacial score (nSPS) is 29.5. The number of rotatable bonds is 5. The van der Waals surface area contributed by atoms with E-state index in [0.29, 0.717) is 13.2 Å². The number of carbonyl (C=O) groups is 1. The van der Waals surface area contributed by atoms with Crippen LogP contribution in [-0.4, -0.2) is 68.1 Å². The summed E-state index contributed by atoms with van der Waals surface area (Å²) in [5.41, 5.74) is 0. The van der Waals surface area contributed by atoms with Crippen molar-refractivity contribution in [2.75, 3.05) is 32.1 Å². The number of carboxylic acids is 1. The summed E-state index contributed by atoms with van der Waals surface area (Å²) < 4.78 is 36.5. The summed E-state index contributed by atoms with van der Waals surface area (Å²) in [6.07, 6.45) is 1.12. The number of aliphatic carboxylic acids is 1. The van der Waals surface area contributed by atoms with Crippen molar-refractivity contribution < 1.29 is 27.8 Å². The van der Waals surface area contributed by atoms with Crippen molar-refractivity contribution >= 4 is 16.0 Å². The molecule has 0 aromatic heterocycles. The van der Waals surface area contributed by atoms with Crippen molar-refractivity contribution in [3.05, 3.63) is 0 Å². The maximum Gasteiger partial charge on any atom is 0.305 e. The van der Waals surface area contributed by atoms with Crippen molar-refractivity contribution in [1.29, 1.82) is 0 Å². The molecule has 2 heterocycles. The maximum atomic E-state index is 12.3. The lowest BCUT2D eigenvalue weighted by molar-refractivity contribution is -0.139. The van der Waals surface area contributed by atoms with Crippen molar-refractivity contribution in [2.24, 2.45) is 0 Å². The summed E-state index contributed by atoms with van der Waals surface area (Å²) in [6.45, 7) is 1.26. The standard InChI is InChI=1S/C11H19NO6S/c13-11(14)6-9-7-17-5-3-12(9)19(15,16)8-10-2-1-4-18-10/h9-10H,1-8H2,(H,13,14). The summed E-state index contributed by atoms with van der Waals surface area (Å²) in [5, 5.41) is 8.83. The van der Waals surface area contributed by atoms with Gasteiger partial charge in [-0.15, -0.1) is 0 Å². The van der Waals surface area contributed by atoms with Crippen LogP contribution in [0.15, 0.2) is 0 Å². The summed E-state index contributed by atoms with van der Waals surface area (Å²) in [7, 11) is -3.50. The average Bonchev–Trinajstić information content (AvgIpc) is 2.80. The topological polar surface area (TPSA) is 93.1 Å². The second-order valence-electron chi connectivity index (χ2n) is 4.85. The minimum atomic E-state index is -3.50. The van der Waals surface area contributed by atoms with Gasteiger partial charge in [0.2, 0.25) is 10.0 Å². The zero-order valence-electron chi connectivity index (χ0n) is 10.7. The van der Waals surface area contributed by atoms with E-state index in [9.17, 15) is 13.2 Å². The van der Waals surface area contributed by atoms with Crippen LogP contribution in [0.3, 0.4) is 0 Å². The average molecular weight is 293 g/mol. The molecule has 0 saturated carbocycles. The van der Waals surface area contributed by atoms with Gasteiger partial charge in [-0.25, -0.2) is 8.42 Å². The fraction of sp³-hybridized carbons (Fsp3) is 0.909. The van der Waals surface area contributed by atoms with Crippen molar-refractivity contribution in [2.45, 2.75) is 31.4 Å². The lowest BCUT2D eigenvalue weighted by atomic mass is 10.2. The van der Waals surface area contributed by atoms with Gasteiger partial charge in [-0.2, -0.15) is 4.31 Å². The van der Waals surface area contributed by atoms with Crippen LogP contribution in [0.1, 0.15) is 19.3 Å². The van der Waals surface area contributed by atoms with E-state index in [0.717, 1.165) is 12.8 Å². The summed E-state index contributed by atoms with van der Waals surface area (Å²) >= 11 is 0. The van der Waals surface area contributed by atoms with Gasteiger partial charge in [0.25, 0.3) is 0 Å². The third-order valence-electron chi connectivity index (χ3n) is 3.36. The van der Waals surface area contributed by atoms with Gasteiger partial charge in [0, 0.05) is 13.2 Å². The van der Waals surface area contributed by atoms with Crippen LogP contribution < -0.4 is 0 Å². The maximum absolute atomic E-state index is 12.3. The molecule has 8 heteroatoms. The Labute approximate surface area is 112 Å². The Morgan fingerprint density at radius 3 is 2.79 bits per heavy atom. The van der Waals surface area contributed by atoms with E-state index in [1.165, 1.54) is 4.31 Å². The van der Waals surface area contributed by atoms with Crippen LogP contribution in [0.4, 0.5) is 0 Å². The monoisotopic (exact) mass is 293 g/mol. The predicted octanol–water partition coefficient (Wildman–Crippen LogP) is -0.329. The van der Waals surface area contributed by atoms with Crippen LogP contribution in [-0.2, 0) is 24.3 Å². The highest BCUT2D eigenvalue weighted by atomic mass is 32.2. The predicted molar refractivity (Wildman–Crippen MR) is 66.3 cm³/mol. The Bertz CT molecular complexity index is 417. The van der Waals surface area contributed by atoms with E-state index < -0.39 is 22.0 Å². The van der Waals surface area contributed by atoms with E-state index in [1.54, 1.807) is 0 Å². The second-order valence-corrected chi connectivity index (χ2v) is 6.82. The zero-order valence-corrected chi connectivity index (χ0v) is 11.5. The number of hydrogen-bond donors (Lipinski definition) is 1. The largest absolute Gasteiger partial charge is 0.481 e. The van der Waals surface area contributed by atoms with Gasteiger partial charge < -0.3 is 14.6 Å². The van der Waals surface area contributed by atoms with Crippen molar-refractivity contribution in [3.63, 3.8) is 0 Å². The molecule has 0 amide bonds. The third kappa shape index (κ3) is 3.88. The van der Waals surface area contributed by atoms with Gasteiger partial charge >= 0.3 is 5.97 Å². The lowest BCUT2D eigenvalue weighted by Crippen LogP contribution is -2.51. The first-order chi connectivity index (χ1) is 8.99. The first-order valence-electron chi connectivity index (χ1n) is 6.40. The Balaban J connectivity index is 2.04. The highest BCUT2D eigenvalue weighted by molar-refractivity contribution is 7.89. The van der Waals surface area contributed by atoms with E-state index in [1.807, 2.05) is 0 Å². The molecule has 19 heavy (non-hydrogen) atoms. The third-order valence-corrected chi connectivity index (χ3v) is 5.35. The first kappa shape index (κ1) is 14.7. The molecule has 2 rings (SSSR count). The van der Waals surface area contributed by atoms with Crippen molar-refractivity contribution in [1.82, 2.24) is 4.31 Å². The van der Waals surface area contributed by atoms with E-state index in [2.05, 4.69) is 0 Å². The second kappa shape index (κ2) is 6.17. The molecule has 2 saturated heterocycles. The molecule has 0 radical (unpaired) electrons. The SMILES string of the molecule is O=C(O)CC1COCCN1S(=O)(=O)CC1CCCO1. The van der Waals surface area contributed by atoms with Gasteiger partial charge in [0.15, 0.2) is 0 Å². The fourth-order valence-corrected chi connectivity index (χ4v) is 4.34. The van der Waals surface area contributed by atoms with E-state index in [-0.39, 0.29) is 31.4 Å². The lowest BCUT2D eigenvalue weighted by Gasteiger charge is -2.34. The summed E-state index contributed by atoms with van der Waals surface area (Å²) in [6, 6.07) is -0.613. The molecule has 2 fully saturated rings. The molecule has 2 atom stereocenters. The molecule has 0 aromatic carbocycles. The highest BCUT2D eigenvalue weighted by Crippen LogP contribution is 2.20. The van der Waals surface area contributed by atoms with Gasteiger partial charge in [-0.1, -0.05) is 0 Å². The minimum Gasteiger partial charge on any atom is -0.481 e. The number of carboxylic acid groups (broad SMARTS) is 1. The minimum absolute atomic E-state index is 0.0664. The van der Waals surface area contributed by atoms with Gasteiger partial charge in [-0.3, -0.25) is 4.79 Å². The molecule has 0 aromatic rings. The number of ether oxygens (including phenoxy) is 2. The van der Waals surface area contributed by atoms with Crippen LogP contribution in [0.25, 0.3) is 0 Å².